The lowest BCUT2D eigenvalue weighted by Crippen LogP contribution is -2.41. The maximum atomic E-state index is 13.3. The third-order valence-corrected chi connectivity index (χ3v) is 7.60. The first-order chi connectivity index (χ1) is 14.6. The normalized spacial score (nSPS) is 20.6. The molecule has 2 aromatic rings. The number of nitrogens with zero attached hydrogens (tertiary/aromatic N) is 1. The molecule has 1 aromatic heterocycles. The third-order valence-electron chi connectivity index (χ3n) is 7.60. The summed E-state index contributed by atoms with van der Waals surface area (Å²) in [6.07, 6.45) is 9.69. The number of carbonyl (C=O) groups excluding carboxylic acids is 1. The Morgan fingerprint density at radius 3 is 2.47 bits per heavy atom. The average molecular weight is 410 g/mol. The molecule has 0 bridgehead atoms. The van der Waals surface area contributed by atoms with Crippen molar-refractivity contribution in [3.63, 3.8) is 0 Å². The highest BCUT2D eigenvalue weighted by molar-refractivity contribution is 5.98. The van der Waals surface area contributed by atoms with Crippen molar-refractivity contribution < 1.29 is 14.3 Å². The van der Waals surface area contributed by atoms with Crippen LogP contribution in [0, 0.1) is 18.3 Å². The fraction of sp³-hybridized carbons (Fsp3) is 0.577. The van der Waals surface area contributed by atoms with Crippen LogP contribution < -0.4 is 0 Å². The minimum absolute atomic E-state index is 0.110. The van der Waals surface area contributed by atoms with E-state index >= 15 is 0 Å². The molecule has 1 saturated carbocycles. The molecule has 162 valence electrons. The summed E-state index contributed by atoms with van der Waals surface area (Å²) in [7, 11) is 0. The zero-order valence-electron chi connectivity index (χ0n) is 18.2. The first-order valence-electron chi connectivity index (χ1n) is 11.6. The van der Waals surface area contributed by atoms with Gasteiger partial charge < -0.3 is 14.4 Å². The van der Waals surface area contributed by atoms with Crippen molar-refractivity contribution in [3.8, 4) is 0 Å². The molecule has 1 aliphatic heterocycles. The van der Waals surface area contributed by atoms with Gasteiger partial charge in [-0.1, -0.05) is 36.2 Å². The van der Waals surface area contributed by atoms with E-state index in [4.69, 9.17) is 4.42 Å². The van der Waals surface area contributed by atoms with Crippen LogP contribution >= 0.6 is 0 Å². The Hall–Kier alpha value is -1.91. The molecule has 0 spiro atoms. The fourth-order valence-electron chi connectivity index (χ4n) is 5.43. The lowest BCUT2D eigenvalue weighted by molar-refractivity contribution is 0.0541. The van der Waals surface area contributed by atoms with Crippen LogP contribution in [0.3, 0.4) is 0 Å². The first kappa shape index (κ1) is 21.3. The molecular weight excluding hydrogens is 374 g/mol. The van der Waals surface area contributed by atoms with Crippen LogP contribution in [0.25, 0.3) is 0 Å². The topological polar surface area (TPSA) is 53.7 Å². The number of furan rings is 1. The quantitative estimate of drug-likeness (QED) is 0.578. The SMILES string of the molecule is Cc1ccc(C(C(=O)c2ccco2)C2CCN(CCC3(CCO)CCC3)CC2)cc1. The second kappa shape index (κ2) is 9.49. The Kier molecular flexibility index (Phi) is 6.74. The lowest BCUT2D eigenvalue weighted by atomic mass is 9.64. The van der Waals surface area contributed by atoms with E-state index in [1.54, 1.807) is 18.4 Å². The summed E-state index contributed by atoms with van der Waals surface area (Å²) < 4.78 is 5.47. The second-order valence-electron chi connectivity index (χ2n) is 9.49. The van der Waals surface area contributed by atoms with E-state index < -0.39 is 0 Å². The van der Waals surface area contributed by atoms with E-state index in [9.17, 15) is 9.90 Å². The van der Waals surface area contributed by atoms with Gasteiger partial charge in [-0.15, -0.1) is 0 Å². The van der Waals surface area contributed by atoms with E-state index in [1.165, 1.54) is 31.2 Å². The number of aliphatic hydroxyl groups is 1. The van der Waals surface area contributed by atoms with Crippen molar-refractivity contribution >= 4 is 5.78 Å². The molecule has 0 radical (unpaired) electrons. The smallest absolute Gasteiger partial charge is 0.205 e. The molecule has 4 heteroatoms. The Morgan fingerprint density at radius 1 is 1.17 bits per heavy atom. The lowest BCUT2D eigenvalue weighted by Gasteiger charge is -2.44. The van der Waals surface area contributed by atoms with Crippen molar-refractivity contribution in [2.45, 2.75) is 57.8 Å². The van der Waals surface area contributed by atoms with Gasteiger partial charge in [0, 0.05) is 6.61 Å². The molecule has 4 nitrogen and oxygen atoms in total. The van der Waals surface area contributed by atoms with Crippen LogP contribution in [0.1, 0.15) is 72.5 Å². The molecule has 1 aliphatic carbocycles. The number of aryl methyl sites for hydroxylation is 1. The summed E-state index contributed by atoms with van der Waals surface area (Å²) >= 11 is 0. The maximum absolute atomic E-state index is 13.3. The van der Waals surface area contributed by atoms with Gasteiger partial charge in [0.15, 0.2) is 5.76 Å². The Labute approximate surface area is 180 Å². The van der Waals surface area contributed by atoms with Crippen LogP contribution in [0.4, 0.5) is 0 Å². The van der Waals surface area contributed by atoms with Crippen molar-refractivity contribution in [2.75, 3.05) is 26.2 Å². The summed E-state index contributed by atoms with van der Waals surface area (Å²) in [5, 5.41) is 9.40. The molecule has 2 heterocycles. The summed E-state index contributed by atoms with van der Waals surface area (Å²) in [6, 6.07) is 12.0. The minimum atomic E-state index is -0.133. The van der Waals surface area contributed by atoms with Crippen molar-refractivity contribution in [1.82, 2.24) is 4.90 Å². The number of hydrogen-bond donors (Lipinski definition) is 1. The number of rotatable bonds is 9. The molecule has 0 amide bonds. The van der Waals surface area contributed by atoms with Crippen molar-refractivity contribution in [1.29, 1.82) is 0 Å². The number of carbonyl (C=O) groups is 1. The predicted molar refractivity (Wildman–Crippen MR) is 119 cm³/mol. The van der Waals surface area contributed by atoms with Gasteiger partial charge in [-0.3, -0.25) is 4.79 Å². The minimum Gasteiger partial charge on any atom is -0.461 e. The van der Waals surface area contributed by atoms with Gasteiger partial charge in [0.25, 0.3) is 0 Å². The third kappa shape index (κ3) is 4.70. The molecular formula is C26H35NO3. The zero-order chi connectivity index (χ0) is 21.0. The Balaban J connectivity index is 1.40. The summed E-state index contributed by atoms with van der Waals surface area (Å²) in [5.41, 5.74) is 2.72. The average Bonchev–Trinajstić information content (AvgIpc) is 3.27. The molecule has 1 N–H and O–H groups in total. The van der Waals surface area contributed by atoms with Crippen LogP contribution in [0.15, 0.2) is 47.1 Å². The Morgan fingerprint density at radius 2 is 1.90 bits per heavy atom. The van der Waals surface area contributed by atoms with Gasteiger partial charge in [-0.05, 0) is 94.1 Å². The number of benzene rings is 1. The van der Waals surface area contributed by atoms with Crippen molar-refractivity contribution in [3.05, 3.63) is 59.5 Å². The zero-order valence-corrected chi connectivity index (χ0v) is 18.2. The Bertz CT molecular complexity index is 799. The molecule has 1 saturated heterocycles. The van der Waals surface area contributed by atoms with E-state index in [0.717, 1.165) is 44.5 Å². The van der Waals surface area contributed by atoms with Gasteiger partial charge in [0.05, 0.1) is 12.2 Å². The van der Waals surface area contributed by atoms with Gasteiger partial charge in [0.1, 0.15) is 0 Å². The van der Waals surface area contributed by atoms with E-state index in [-0.39, 0.29) is 11.7 Å². The number of aliphatic hydroxyl groups excluding tert-OH is 1. The number of likely N-dealkylation sites (tertiary alicyclic amines) is 1. The molecule has 2 aliphatic rings. The second-order valence-corrected chi connectivity index (χ2v) is 9.49. The monoisotopic (exact) mass is 409 g/mol. The first-order valence-corrected chi connectivity index (χ1v) is 11.6. The summed E-state index contributed by atoms with van der Waals surface area (Å²) in [6.45, 7) is 5.61. The van der Waals surface area contributed by atoms with E-state index in [0.29, 0.717) is 23.7 Å². The summed E-state index contributed by atoms with van der Waals surface area (Å²) in [5.74, 6) is 0.792. The largest absolute Gasteiger partial charge is 0.461 e. The maximum Gasteiger partial charge on any atom is 0.205 e. The van der Waals surface area contributed by atoms with Crippen molar-refractivity contribution in [2.24, 2.45) is 11.3 Å². The standard InChI is InChI=1S/C26H35NO3/c1-20-5-7-21(8-6-20)24(25(29)23-4-2-19-30-23)22-9-15-27(16-10-22)17-13-26(14-18-28)11-3-12-26/h2,4-8,19,22,24,28H,3,9-18H2,1H3. The fourth-order valence-corrected chi connectivity index (χ4v) is 5.43. The van der Waals surface area contributed by atoms with E-state index in [1.807, 2.05) is 0 Å². The molecule has 1 unspecified atom stereocenters. The van der Waals surface area contributed by atoms with Gasteiger partial charge in [-0.25, -0.2) is 0 Å². The van der Waals surface area contributed by atoms with Crippen LogP contribution in [0.5, 0.6) is 0 Å². The number of Topliss-reactive ketones (excluding diaryl/α,β-unsaturated/α-hetero) is 1. The molecule has 30 heavy (non-hydrogen) atoms. The van der Waals surface area contributed by atoms with Gasteiger partial charge in [-0.2, -0.15) is 0 Å². The highest BCUT2D eigenvalue weighted by atomic mass is 16.3. The number of ketones is 1. The molecule has 1 aromatic carbocycles. The number of hydrogen-bond acceptors (Lipinski definition) is 4. The molecule has 1 atom stereocenters. The summed E-state index contributed by atoms with van der Waals surface area (Å²) in [4.78, 5) is 15.9. The highest BCUT2D eigenvalue weighted by Gasteiger charge is 2.38. The predicted octanol–water partition coefficient (Wildman–Crippen LogP) is 5.21. The number of piperidine rings is 1. The van der Waals surface area contributed by atoms with Gasteiger partial charge in [0.2, 0.25) is 5.78 Å². The molecule has 2 fully saturated rings. The van der Waals surface area contributed by atoms with E-state index in [2.05, 4.69) is 36.1 Å². The van der Waals surface area contributed by atoms with Crippen LogP contribution in [-0.2, 0) is 0 Å². The van der Waals surface area contributed by atoms with Crippen LogP contribution in [-0.4, -0.2) is 42.0 Å². The molecule has 4 rings (SSSR count). The highest BCUT2D eigenvalue weighted by Crippen LogP contribution is 2.47. The van der Waals surface area contributed by atoms with Crippen LogP contribution in [0.2, 0.25) is 0 Å². The van der Waals surface area contributed by atoms with Gasteiger partial charge >= 0.3 is 0 Å².